The molecule has 2 fully saturated rings. The van der Waals surface area contributed by atoms with Crippen LogP contribution in [-0.2, 0) is 4.79 Å². The van der Waals surface area contributed by atoms with E-state index in [4.69, 9.17) is 5.73 Å². The molecule has 3 rings (SSSR count). The summed E-state index contributed by atoms with van der Waals surface area (Å²) in [6.07, 6.45) is 3.38. The maximum atomic E-state index is 13.2. The van der Waals surface area contributed by atoms with Crippen molar-refractivity contribution < 1.29 is 9.18 Å². The van der Waals surface area contributed by atoms with Gasteiger partial charge in [0.25, 0.3) is 0 Å². The van der Waals surface area contributed by atoms with Crippen molar-refractivity contribution in [3.05, 3.63) is 35.1 Å². The number of hydrogen-bond acceptors (Lipinski definition) is 2. The molecule has 0 aromatic heterocycles. The van der Waals surface area contributed by atoms with Gasteiger partial charge in [-0.05, 0) is 49.4 Å². The van der Waals surface area contributed by atoms with E-state index in [-0.39, 0.29) is 23.8 Å². The second kappa shape index (κ2) is 4.60. The predicted molar refractivity (Wildman–Crippen MR) is 71.0 cm³/mol. The second-order valence-electron chi connectivity index (χ2n) is 5.68. The number of benzene rings is 1. The number of hydrogen-bond donors (Lipinski definition) is 1. The average Bonchev–Trinajstić information content (AvgIpc) is 3.17. The van der Waals surface area contributed by atoms with Gasteiger partial charge in [0, 0.05) is 18.5 Å². The van der Waals surface area contributed by atoms with Crippen LogP contribution in [0, 0.1) is 12.7 Å². The van der Waals surface area contributed by atoms with Gasteiger partial charge in [-0.3, -0.25) is 4.79 Å². The van der Waals surface area contributed by atoms with Gasteiger partial charge in [0.2, 0.25) is 5.91 Å². The summed E-state index contributed by atoms with van der Waals surface area (Å²) < 4.78 is 13.2. The van der Waals surface area contributed by atoms with Gasteiger partial charge in [-0.1, -0.05) is 6.07 Å². The Kier molecular flexibility index (Phi) is 3.05. The number of rotatable bonds is 2. The lowest BCUT2D eigenvalue weighted by Gasteiger charge is -2.41. The SMILES string of the molecule is Cc1cc(F)ccc1C1C(N)CCC(=O)N1C1CC1. The fourth-order valence-electron chi connectivity index (χ4n) is 3.07. The minimum Gasteiger partial charge on any atom is -0.331 e. The summed E-state index contributed by atoms with van der Waals surface area (Å²) in [4.78, 5) is 14.1. The summed E-state index contributed by atoms with van der Waals surface area (Å²) in [6.45, 7) is 1.88. The Morgan fingerprint density at radius 3 is 2.68 bits per heavy atom. The summed E-state index contributed by atoms with van der Waals surface area (Å²) >= 11 is 0. The third-order valence-corrected chi connectivity index (χ3v) is 4.18. The topological polar surface area (TPSA) is 46.3 Å². The van der Waals surface area contributed by atoms with E-state index in [1.807, 2.05) is 11.8 Å². The lowest BCUT2D eigenvalue weighted by molar-refractivity contribution is -0.138. The van der Waals surface area contributed by atoms with Gasteiger partial charge in [-0.25, -0.2) is 4.39 Å². The largest absolute Gasteiger partial charge is 0.331 e. The molecular formula is C15H19FN2O. The Hall–Kier alpha value is -1.42. The van der Waals surface area contributed by atoms with Crippen molar-refractivity contribution in [3.8, 4) is 0 Å². The van der Waals surface area contributed by atoms with Crippen LogP contribution in [0.5, 0.6) is 0 Å². The maximum Gasteiger partial charge on any atom is 0.223 e. The zero-order valence-corrected chi connectivity index (χ0v) is 11.1. The van der Waals surface area contributed by atoms with Crippen LogP contribution >= 0.6 is 0 Å². The van der Waals surface area contributed by atoms with Crippen LogP contribution in [0.3, 0.4) is 0 Å². The Morgan fingerprint density at radius 2 is 2.05 bits per heavy atom. The summed E-state index contributed by atoms with van der Waals surface area (Å²) in [5.41, 5.74) is 8.12. The molecule has 0 radical (unpaired) electrons. The van der Waals surface area contributed by atoms with Crippen LogP contribution in [0.2, 0.25) is 0 Å². The Morgan fingerprint density at radius 1 is 1.32 bits per heavy atom. The van der Waals surface area contributed by atoms with Crippen molar-refractivity contribution in [3.63, 3.8) is 0 Å². The first-order valence-corrected chi connectivity index (χ1v) is 6.90. The molecule has 2 aliphatic rings. The molecule has 3 nitrogen and oxygen atoms in total. The molecule has 2 unspecified atom stereocenters. The predicted octanol–water partition coefficient (Wildman–Crippen LogP) is 2.29. The first kappa shape index (κ1) is 12.6. The van der Waals surface area contributed by atoms with Gasteiger partial charge in [0.1, 0.15) is 5.82 Å². The highest BCUT2D eigenvalue weighted by Gasteiger charge is 2.43. The first-order valence-electron chi connectivity index (χ1n) is 6.90. The summed E-state index contributed by atoms with van der Waals surface area (Å²) in [7, 11) is 0. The number of piperidine rings is 1. The van der Waals surface area contributed by atoms with E-state index in [2.05, 4.69) is 0 Å². The summed E-state index contributed by atoms with van der Waals surface area (Å²) in [6, 6.07) is 4.96. The molecular weight excluding hydrogens is 243 g/mol. The normalized spacial score (nSPS) is 27.7. The van der Waals surface area contributed by atoms with Gasteiger partial charge >= 0.3 is 0 Å². The standard InChI is InChI=1S/C15H19FN2O/c1-9-8-10(16)2-5-12(9)15-13(17)6-7-14(19)18(15)11-3-4-11/h2,5,8,11,13,15H,3-4,6-7,17H2,1H3. The number of halogens is 1. The van der Waals surface area contributed by atoms with Crippen molar-refractivity contribution in [2.24, 2.45) is 5.73 Å². The number of nitrogens with zero attached hydrogens (tertiary/aromatic N) is 1. The monoisotopic (exact) mass is 262 g/mol. The van der Waals surface area contributed by atoms with Crippen molar-refractivity contribution in [2.75, 3.05) is 0 Å². The van der Waals surface area contributed by atoms with E-state index in [1.54, 1.807) is 6.07 Å². The molecule has 2 atom stereocenters. The Balaban J connectivity index is 2.00. The molecule has 1 amide bonds. The molecule has 4 heteroatoms. The lowest BCUT2D eigenvalue weighted by atomic mass is 9.88. The molecule has 1 saturated carbocycles. The van der Waals surface area contributed by atoms with Crippen LogP contribution < -0.4 is 5.73 Å². The zero-order chi connectivity index (χ0) is 13.6. The smallest absolute Gasteiger partial charge is 0.223 e. The van der Waals surface area contributed by atoms with E-state index in [9.17, 15) is 9.18 Å². The summed E-state index contributed by atoms with van der Waals surface area (Å²) in [5, 5.41) is 0. The number of aryl methyl sites for hydroxylation is 1. The third-order valence-electron chi connectivity index (χ3n) is 4.18. The number of amides is 1. The van der Waals surface area contributed by atoms with Gasteiger partial charge < -0.3 is 10.6 Å². The molecule has 1 heterocycles. The molecule has 1 aliphatic carbocycles. The lowest BCUT2D eigenvalue weighted by Crippen LogP contribution is -2.50. The van der Waals surface area contributed by atoms with E-state index in [0.717, 1.165) is 24.0 Å². The van der Waals surface area contributed by atoms with Crippen LogP contribution in [0.1, 0.15) is 42.9 Å². The number of carbonyl (C=O) groups is 1. The minimum atomic E-state index is -0.241. The zero-order valence-electron chi connectivity index (χ0n) is 11.1. The van der Waals surface area contributed by atoms with E-state index >= 15 is 0 Å². The average molecular weight is 262 g/mol. The molecule has 1 saturated heterocycles. The fourth-order valence-corrected chi connectivity index (χ4v) is 3.07. The van der Waals surface area contributed by atoms with Crippen LogP contribution in [-0.4, -0.2) is 22.9 Å². The van der Waals surface area contributed by atoms with Crippen molar-refractivity contribution in [1.29, 1.82) is 0 Å². The number of likely N-dealkylation sites (tertiary alicyclic amines) is 1. The molecule has 102 valence electrons. The molecule has 19 heavy (non-hydrogen) atoms. The van der Waals surface area contributed by atoms with E-state index in [0.29, 0.717) is 18.9 Å². The minimum absolute atomic E-state index is 0.0533. The first-order chi connectivity index (χ1) is 9.08. The van der Waals surface area contributed by atoms with Gasteiger partial charge in [0.05, 0.1) is 6.04 Å². The van der Waals surface area contributed by atoms with Crippen molar-refractivity contribution >= 4 is 5.91 Å². The quantitative estimate of drug-likeness (QED) is 0.889. The Labute approximate surface area is 112 Å². The Bertz CT molecular complexity index is 513. The van der Waals surface area contributed by atoms with Gasteiger partial charge in [-0.15, -0.1) is 0 Å². The van der Waals surface area contributed by atoms with Crippen LogP contribution in [0.4, 0.5) is 4.39 Å². The van der Waals surface area contributed by atoms with Crippen molar-refractivity contribution in [2.45, 2.75) is 50.7 Å². The molecule has 1 aliphatic heterocycles. The van der Waals surface area contributed by atoms with Crippen LogP contribution in [0.15, 0.2) is 18.2 Å². The second-order valence-corrected chi connectivity index (χ2v) is 5.68. The van der Waals surface area contributed by atoms with Gasteiger partial charge in [0.15, 0.2) is 0 Å². The molecule has 2 N–H and O–H groups in total. The molecule has 0 bridgehead atoms. The summed E-state index contributed by atoms with van der Waals surface area (Å²) in [5.74, 6) is -0.0483. The van der Waals surface area contributed by atoms with Gasteiger partial charge in [-0.2, -0.15) is 0 Å². The highest BCUT2D eigenvalue weighted by atomic mass is 19.1. The van der Waals surface area contributed by atoms with Crippen molar-refractivity contribution in [1.82, 2.24) is 4.90 Å². The number of nitrogens with two attached hydrogens (primary N) is 1. The molecule has 1 aromatic carbocycles. The fraction of sp³-hybridized carbons (Fsp3) is 0.533. The van der Waals surface area contributed by atoms with E-state index < -0.39 is 0 Å². The highest BCUT2D eigenvalue weighted by molar-refractivity contribution is 5.78. The van der Waals surface area contributed by atoms with E-state index in [1.165, 1.54) is 12.1 Å². The molecule has 1 aromatic rings. The van der Waals surface area contributed by atoms with Crippen LogP contribution in [0.25, 0.3) is 0 Å². The number of carbonyl (C=O) groups excluding carboxylic acids is 1. The third kappa shape index (κ3) is 2.25. The molecule has 0 spiro atoms. The maximum absolute atomic E-state index is 13.2. The highest BCUT2D eigenvalue weighted by Crippen LogP contribution is 2.40.